The van der Waals surface area contributed by atoms with E-state index in [0.717, 1.165) is 0 Å². The van der Waals surface area contributed by atoms with E-state index in [2.05, 4.69) is 9.97 Å². The molecule has 0 aromatic carbocycles. The van der Waals surface area contributed by atoms with Crippen LogP contribution in [0.3, 0.4) is 0 Å². The summed E-state index contributed by atoms with van der Waals surface area (Å²) in [4.78, 5) is 30.9. The Labute approximate surface area is 92.1 Å². The number of aromatic nitrogens is 2. The maximum Gasteiger partial charge on any atom is 0.210 e. The van der Waals surface area contributed by atoms with E-state index in [0.29, 0.717) is 23.3 Å². The Balaban J connectivity index is 2.23. The summed E-state index contributed by atoms with van der Waals surface area (Å²) in [5, 5.41) is 0. The highest BCUT2D eigenvalue weighted by Gasteiger charge is 2.36. The van der Waals surface area contributed by atoms with E-state index in [9.17, 15) is 9.59 Å². The lowest BCUT2D eigenvalue weighted by Gasteiger charge is -2.23. The minimum absolute atomic E-state index is 0.00468. The summed E-state index contributed by atoms with van der Waals surface area (Å²) in [6.07, 6.45) is 5.84. The minimum atomic E-state index is -0.109. The van der Waals surface area contributed by atoms with E-state index in [1.807, 2.05) is 19.1 Å². The number of hydrogen-bond acceptors (Lipinski definition) is 3. The maximum atomic E-state index is 12.1. The second-order valence-electron chi connectivity index (χ2n) is 4.10. The Morgan fingerprint density at radius 3 is 3.00 bits per heavy atom. The normalized spacial score (nSPS) is 23.4. The zero-order valence-corrected chi connectivity index (χ0v) is 8.78. The van der Waals surface area contributed by atoms with Gasteiger partial charge in [0.2, 0.25) is 11.6 Å². The number of hydrogen-bond donors (Lipinski definition) is 1. The molecule has 4 nitrogen and oxygen atoms in total. The number of carbonyl (C=O) groups excluding carboxylic acids is 2. The van der Waals surface area contributed by atoms with Gasteiger partial charge in [-0.15, -0.1) is 0 Å². The summed E-state index contributed by atoms with van der Waals surface area (Å²) in [5.74, 6) is -0.189. The highest BCUT2D eigenvalue weighted by atomic mass is 16.1. The van der Waals surface area contributed by atoms with Crippen LogP contribution < -0.4 is 0 Å². The number of H-pyrrole nitrogens is 1. The second kappa shape index (κ2) is 3.01. The van der Waals surface area contributed by atoms with Crippen molar-refractivity contribution in [2.75, 3.05) is 0 Å². The van der Waals surface area contributed by atoms with Crippen LogP contribution in [0.5, 0.6) is 0 Å². The lowest BCUT2D eigenvalue weighted by molar-refractivity contribution is 0.0961. The Morgan fingerprint density at radius 1 is 1.38 bits per heavy atom. The average molecular weight is 214 g/mol. The van der Waals surface area contributed by atoms with E-state index in [4.69, 9.17) is 0 Å². The number of Topliss-reactive ketones (excluding diaryl/α,β-unsaturated/α-hetero) is 2. The van der Waals surface area contributed by atoms with Crippen molar-refractivity contribution in [1.82, 2.24) is 9.97 Å². The third-order valence-corrected chi connectivity index (χ3v) is 3.13. The molecule has 0 amide bonds. The van der Waals surface area contributed by atoms with Gasteiger partial charge in [-0.1, -0.05) is 19.1 Å². The monoisotopic (exact) mass is 214 g/mol. The van der Waals surface area contributed by atoms with Gasteiger partial charge in [0.05, 0.1) is 6.33 Å². The Hall–Kier alpha value is -1.97. The van der Waals surface area contributed by atoms with Gasteiger partial charge in [-0.05, 0) is 6.42 Å². The van der Waals surface area contributed by atoms with Gasteiger partial charge in [-0.25, -0.2) is 4.98 Å². The van der Waals surface area contributed by atoms with Crippen molar-refractivity contribution in [2.24, 2.45) is 5.92 Å². The lowest BCUT2D eigenvalue weighted by Crippen LogP contribution is -2.26. The van der Waals surface area contributed by atoms with E-state index < -0.39 is 0 Å². The van der Waals surface area contributed by atoms with E-state index >= 15 is 0 Å². The number of rotatable bonds is 0. The first-order valence-electron chi connectivity index (χ1n) is 5.22. The zero-order chi connectivity index (χ0) is 11.3. The molecule has 2 aliphatic carbocycles. The molecule has 0 radical (unpaired) electrons. The summed E-state index contributed by atoms with van der Waals surface area (Å²) in [6.45, 7) is 1.92. The van der Waals surface area contributed by atoms with Gasteiger partial charge in [0.25, 0.3) is 0 Å². The van der Waals surface area contributed by atoms with Gasteiger partial charge < -0.3 is 4.98 Å². The third kappa shape index (κ3) is 1.01. The third-order valence-electron chi connectivity index (χ3n) is 3.13. The van der Waals surface area contributed by atoms with Crippen LogP contribution in [0.1, 0.15) is 34.3 Å². The van der Waals surface area contributed by atoms with Crippen LogP contribution in [0.4, 0.5) is 0 Å². The molecule has 0 spiro atoms. The Bertz CT molecular complexity index is 563. The molecule has 1 N–H and O–H groups in total. The molecule has 0 bridgehead atoms. The fraction of sp³-hybridized carbons (Fsp3) is 0.250. The van der Waals surface area contributed by atoms with Crippen molar-refractivity contribution >= 4 is 11.6 Å². The van der Waals surface area contributed by atoms with E-state index in [1.54, 1.807) is 0 Å². The van der Waals surface area contributed by atoms with Gasteiger partial charge in [0.15, 0.2) is 0 Å². The number of nitrogens with one attached hydrogen (secondary N) is 1. The highest BCUT2D eigenvalue weighted by molar-refractivity contribution is 6.25. The fourth-order valence-corrected chi connectivity index (χ4v) is 2.35. The molecule has 1 aromatic heterocycles. The number of fused-ring (bicyclic) bond motifs is 1. The van der Waals surface area contributed by atoms with Crippen LogP contribution >= 0.6 is 0 Å². The van der Waals surface area contributed by atoms with Crippen LogP contribution in [0.25, 0.3) is 0 Å². The van der Waals surface area contributed by atoms with Gasteiger partial charge in [-0.2, -0.15) is 0 Å². The molecule has 4 heteroatoms. The topological polar surface area (TPSA) is 62.8 Å². The van der Waals surface area contributed by atoms with E-state index in [1.165, 1.54) is 6.33 Å². The fourth-order valence-electron chi connectivity index (χ4n) is 2.35. The van der Waals surface area contributed by atoms with Crippen molar-refractivity contribution in [1.29, 1.82) is 0 Å². The largest absolute Gasteiger partial charge is 0.341 e. The summed E-state index contributed by atoms with van der Waals surface area (Å²) in [6, 6.07) is 0. The van der Waals surface area contributed by atoms with Crippen molar-refractivity contribution < 1.29 is 9.59 Å². The lowest BCUT2D eigenvalue weighted by atomic mass is 9.79. The number of carbonyl (C=O) groups is 2. The zero-order valence-electron chi connectivity index (χ0n) is 8.78. The number of imidazole rings is 1. The first-order chi connectivity index (χ1) is 7.70. The minimum Gasteiger partial charge on any atom is -0.341 e. The van der Waals surface area contributed by atoms with E-state index in [-0.39, 0.29) is 23.2 Å². The second-order valence-corrected chi connectivity index (χ2v) is 4.10. The molecule has 1 atom stereocenters. The first-order valence-corrected chi connectivity index (χ1v) is 5.22. The Kier molecular flexibility index (Phi) is 1.74. The number of allylic oxidation sites excluding steroid dienone is 4. The molecule has 3 rings (SSSR count). The molecule has 16 heavy (non-hydrogen) atoms. The van der Waals surface area contributed by atoms with Crippen molar-refractivity contribution in [3.63, 3.8) is 0 Å². The quantitative estimate of drug-likeness (QED) is 0.668. The van der Waals surface area contributed by atoms with Crippen LogP contribution in [-0.4, -0.2) is 21.5 Å². The molecule has 2 aliphatic rings. The van der Waals surface area contributed by atoms with Crippen LogP contribution in [0.2, 0.25) is 0 Å². The molecule has 0 saturated carbocycles. The molecular formula is C12H10N2O2. The maximum absolute atomic E-state index is 12.1. The number of ketones is 2. The smallest absolute Gasteiger partial charge is 0.210 e. The molecule has 0 saturated heterocycles. The van der Waals surface area contributed by atoms with Crippen LogP contribution in [-0.2, 0) is 0 Å². The molecule has 1 unspecified atom stereocenters. The van der Waals surface area contributed by atoms with Crippen molar-refractivity contribution in [3.8, 4) is 0 Å². The SMILES string of the molecule is CC1C=CCC2=C1C(=O)c1nc[nH]c1C2=O. The highest BCUT2D eigenvalue weighted by Crippen LogP contribution is 2.33. The van der Waals surface area contributed by atoms with Crippen LogP contribution in [0, 0.1) is 5.92 Å². The van der Waals surface area contributed by atoms with Gasteiger partial charge in [0.1, 0.15) is 11.4 Å². The standard InChI is InChI=1S/C12H10N2O2/c1-6-3-2-4-7-8(6)12(16)10-9(11(7)15)13-5-14-10/h2-3,5-6H,4H2,1H3,(H,13,14). The number of aromatic amines is 1. The summed E-state index contributed by atoms with van der Waals surface area (Å²) in [5.41, 5.74) is 1.85. The van der Waals surface area contributed by atoms with Crippen molar-refractivity contribution in [3.05, 3.63) is 41.0 Å². The summed E-state index contributed by atoms with van der Waals surface area (Å²) in [7, 11) is 0. The molecule has 0 aliphatic heterocycles. The summed E-state index contributed by atoms with van der Waals surface area (Å²) >= 11 is 0. The predicted octanol–water partition coefficient (Wildman–Crippen LogP) is 1.68. The average Bonchev–Trinajstić information content (AvgIpc) is 2.75. The summed E-state index contributed by atoms with van der Waals surface area (Å²) < 4.78 is 0. The first kappa shape index (κ1) is 9.27. The van der Waals surface area contributed by atoms with Crippen LogP contribution in [0.15, 0.2) is 29.6 Å². The molecule has 1 heterocycles. The number of nitrogens with zero attached hydrogens (tertiary/aromatic N) is 1. The van der Waals surface area contributed by atoms with Gasteiger partial charge in [0, 0.05) is 17.1 Å². The Morgan fingerprint density at radius 2 is 2.19 bits per heavy atom. The molecular weight excluding hydrogens is 204 g/mol. The van der Waals surface area contributed by atoms with Gasteiger partial charge >= 0.3 is 0 Å². The molecule has 1 aromatic rings. The van der Waals surface area contributed by atoms with Crippen molar-refractivity contribution in [2.45, 2.75) is 13.3 Å². The predicted molar refractivity (Wildman–Crippen MR) is 57.2 cm³/mol. The molecule has 80 valence electrons. The molecule has 0 fully saturated rings. The van der Waals surface area contributed by atoms with Gasteiger partial charge in [-0.3, -0.25) is 9.59 Å².